The van der Waals surface area contributed by atoms with Crippen molar-refractivity contribution in [3.8, 4) is 11.8 Å². The summed E-state index contributed by atoms with van der Waals surface area (Å²) in [5.74, 6) is 1.75. The Hall–Kier alpha value is -2.35. The van der Waals surface area contributed by atoms with E-state index in [4.69, 9.17) is 5.11 Å². The third-order valence-corrected chi connectivity index (χ3v) is 1.70. The number of carbonyl (C=O) groups is 2. The minimum atomic E-state index is -1.36. The molecule has 0 spiro atoms. The van der Waals surface area contributed by atoms with E-state index < -0.39 is 23.3 Å². The topological polar surface area (TPSA) is 66.4 Å². The molecule has 0 aliphatic carbocycles. The van der Waals surface area contributed by atoms with Crippen LogP contribution in [0.15, 0.2) is 18.2 Å². The summed E-state index contributed by atoms with van der Waals surface area (Å²) in [6.45, 7) is 1.49. The first-order valence-corrected chi connectivity index (χ1v) is 4.31. The van der Waals surface area contributed by atoms with Crippen molar-refractivity contribution in [3.05, 3.63) is 29.6 Å². The van der Waals surface area contributed by atoms with Crippen LogP contribution < -0.4 is 5.32 Å². The van der Waals surface area contributed by atoms with E-state index in [0.29, 0.717) is 0 Å². The second-order valence-electron chi connectivity index (χ2n) is 2.83. The molecule has 2 N–H and O–H groups in total. The van der Waals surface area contributed by atoms with Gasteiger partial charge in [-0.2, -0.15) is 0 Å². The van der Waals surface area contributed by atoms with Crippen LogP contribution in [0.2, 0.25) is 0 Å². The van der Waals surface area contributed by atoms with E-state index in [0.717, 1.165) is 12.1 Å². The molecule has 1 aromatic carbocycles. The van der Waals surface area contributed by atoms with Crippen LogP contribution in [0.1, 0.15) is 17.3 Å². The first kappa shape index (κ1) is 11.7. The zero-order chi connectivity index (χ0) is 12.1. The number of benzene rings is 1. The lowest BCUT2D eigenvalue weighted by atomic mass is 10.2. The Morgan fingerprint density at radius 2 is 2.12 bits per heavy atom. The van der Waals surface area contributed by atoms with Crippen molar-refractivity contribution in [1.82, 2.24) is 0 Å². The third-order valence-electron chi connectivity index (χ3n) is 1.70. The number of halogens is 1. The zero-order valence-electron chi connectivity index (χ0n) is 8.37. The van der Waals surface area contributed by atoms with Gasteiger partial charge in [-0.1, -0.05) is 5.92 Å². The second-order valence-corrected chi connectivity index (χ2v) is 2.83. The van der Waals surface area contributed by atoms with E-state index in [2.05, 4.69) is 17.2 Å². The van der Waals surface area contributed by atoms with Crippen LogP contribution in [0.5, 0.6) is 0 Å². The van der Waals surface area contributed by atoms with Crippen LogP contribution in [0.4, 0.5) is 10.1 Å². The summed E-state index contributed by atoms with van der Waals surface area (Å²) in [6, 6.07) is 3.30. The van der Waals surface area contributed by atoms with Gasteiger partial charge in [0.1, 0.15) is 5.82 Å². The van der Waals surface area contributed by atoms with Crippen molar-refractivity contribution in [2.45, 2.75) is 6.92 Å². The Labute approximate surface area is 91.1 Å². The summed E-state index contributed by atoms with van der Waals surface area (Å²) in [6.07, 6.45) is 0. The number of hydrogen-bond donors (Lipinski definition) is 2. The van der Waals surface area contributed by atoms with Gasteiger partial charge >= 0.3 is 5.97 Å². The Kier molecular flexibility index (Phi) is 3.62. The van der Waals surface area contributed by atoms with E-state index in [1.165, 1.54) is 13.0 Å². The van der Waals surface area contributed by atoms with Crippen molar-refractivity contribution in [2.24, 2.45) is 0 Å². The molecule has 0 aliphatic rings. The number of carboxylic acid groups (broad SMARTS) is 1. The standard InChI is InChI=1S/C11H8FNO3/c1-2-3-10(14)13-7-4-5-8(11(15)16)9(12)6-7/h4-6H,1H3,(H,13,14)(H,15,16). The summed E-state index contributed by atoms with van der Waals surface area (Å²) in [4.78, 5) is 21.5. The number of carboxylic acids is 1. The van der Waals surface area contributed by atoms with E-state index in [-0.39, 0.29) is 5.69 Å². The molecule has 1 rings (SSSR count). The Morgan fingerprint density at radius 3 is 2.62 bits per heavy atom. The number of rotatable bonds is 2. The van der Waals surface area contributed by atoms with Gasteiger partial charge in [-0.3, -0.25) is 4.79 Å². The Bertz CT molecular complexity index is 500. The highest BCUT2D eigenvalue weighted by molar-refractivity contribution is 6.04. The zero-order valence-corrected chi connectivity index (χ0v) is 8.37. The fourth-order valence-corrected chi connectivity index (χ4v) is 1.04. The molecule has 0 heterocycles. The van der Waals surface area contributed by atoms with Crippen LogP contribution in [-0.2, 0) is 4.79 Å². The molecule has 0 fully saturated rings. The molecule has 0 aliphatic heterocycles. The van der Waals surface area contributed by atoms with Crippen molar-refractivity contribution in [3.63, 3.8) is 0 Å². The van der Waals surface area contributed by atoms with Crippen LogP contribution in [0.25, 0.3) is 0 Å². The molecule has 0 bridgehead atoms. The third kappa shape index (κ3) is 2.82. The summed E-state index contributed by atoms with van der Waals surface area (Å²) < 4.78 is 13.2. The lowest BCUT2D eigenvalue weighted by Gasteiger charge is -2.02. The predicted octanol–water partition coefficient (Wildman–Crippen LogP) is 1.49. The van der Waals surface area contributed by atoms with Crippen LogP contribution in [0, 0.1) is 17.7 Å². The highest BCUT2D eigenvalue weighted by Crippen LogP contribution is 2.14. The molecule has 16 heavy (non-hydrogen) atoms. The molecule has 82 valence electrons. The van der Waals surface area contributed by atoms with E-state index in [1.807, 2.05) is 0 Å². The smallest absolute Gasteiger partial charge is 0.338 e. The van der Waals surface area contributed by atoms with Gasteiger partial charge in [0.25, 0.3) is 5.91 Å². The van der Waals surface area contributed by atoms with Gasteiger partial charge in [-0.15, -0.1) is 0 Å². The summed E-state index contributed by atoms with van der Waals surface area (Å²) in [5.41, 5.74) is -0.283. The van der Waals surface area contributed by atoms with E-state index >= 15 is 0 Å². The quantitative estimate of drug-likeness (QED) is 0.743. The molecular formula is C11H8FNO3. The fourth-order valence-electron chi connectivity index (χ4n) is 1.04. The predicted molar refractivity (Wildman–Crippen MR) is 55.4 cm³/mol. The number of hydrogen-bond acceptors (Lipinski definition) is 2. The van der Waals surface area contributed by atoms with Gasteiger partial charge in [0, 0.05) is 5.69 Å². The molecule has 0 atom stereocenters. The maximum absolute atomic E-state index is 13.2. The average molecular weight is 221 g/mol. The largest absolute Gasteiger partial charge is 0.478 e. The molecule has 0 saturated heterocycles. The molecular weight excluding hydrogens is 213 g/mol. The lowest BCUT2D eigenvalue weighted by Crippen LogP contribution is -2.09. The Balaban J connectivity index is 2.92. The SMILES string of the molecule is CC#CC(=O)Nc1ccc(C(=O)O)c(F)c1. The number of nitrogens with one attached hydrogen (secondary N) is 1. The van der Waals surface area contributed by atoms with Crippen molar-refractivity contribution in [2.75, 3.05) is 5.32 Å². The van der Waals surface area contributed by atoms with E-state index in [9.17, 15) is 14.0 Å². The van der Waals surface area contributed by atoms with Gasteiger partial charge in [0.05, 0.1) is 5.56 Å². The van der Waals surface area contributed by atoms with Gasteiger partial charge in [0.2, 0.25) is 0 Å². The molecule has 0 saturated carbocycles. The maximum Gasteiger partial charge on any atom is 0.338 e. The van der Waals surface area contributed by atoms with Gasteiger partial charge in [0.15, 0.2) is 0 Å². The first-order chi connectivity index (χ1) is 7.54. The monoisotopic (exact) mass is 221 g/mol. The summed E-state index contributed by atoms with van der Waals surface area (Å²) in [7, 11) is 0. The van der Waals surface area contributed by atoms with Crippen molar-refractivity contribution >= 4 is 17.6 Å². The first-order valence-electron chi connectivity index (χ1n) is 4.31. The highest BCUT2D eigenvalue weighted by Gasteiger charge is 2.10. The second kappa shape index (κ2) is 4.94. The molecule has 5 heteroatoms. The van der Waals surface area contributed by atoms with E-state index in [1.54, 1.807) is 0 Å². The maximum atomic E-state index is 13.2. The highest BCUT2D eigenvalue weighted by atomic mass is 19.1. The number of carbonyl (C=O) groups excluding carboxylic acids is 1. The van der Waals surface area contributed by atoms with Gasteiger partial charge < -0.3 is 10.4 Å². The summed E-state index contributed by atoms with van der Waals surface area (Å²) in [5, 5.41) is 10.9. The minimum absolute atomic E-state index is 0.162. The normalized spacial score (nSPS) is 8.88. The van der Waals surface area contributed by atoms with Crippen LogP contribution in [-0.4, -0.2) is 17.0 Å². The molecule has 0 radical (unpaired) electrons. The van der Waals surface area contributed by atoms with Crippen molar-refractivity contribution < 1.29 is 19.1 Å². The fraction of sp³-hybridized carbons (Fsp3) is 0.0909. The molecule has 0 aromatic heterocycles. The van der Waals surface area contributed by atoms with Gasteiger partial charge in [-0.05, 0) is 31.0 Å². The molecule has 4 nitrogen and oxygen atoms in total. The average Bonchev–Trinajstić information content (AvgIpc) is 2.17. The van der Waals surface area contributed by atoms with Gasteiger partial charge in [-0.25, -0.2) is 9.18 Å². The minimum Gasteiger partial charge on any atom is -0.478 e. The number of anilines is 1. The molecule has 1 amide bonds. The van der Waals surface area contributed by atoms with Crippen molar-refractivity contribution in [1.29, 1.82) is 0 Å². The molecule has 1 aromatic rings. The van der Waals surface area contributed by atoms with Crippen LogP contribution in [0.3, 0.4) is 0 Å². The number of amides is 1. The lowest BCUT2D eigenvalue weighted by molar-refractivity contribution is -0.111. The Morgan fingerprint density at radius 1 is 1.44 bits per heavy atom. The summed E-state index contributed by atoms with van der Waals surface area (Å²) >= 11 is 0. The number of aromatic carboxylic acids is 1. The van der Waals surface area contributed by atoms with Crippen LogP contribution >= 0.6 is 0 Å². The molecule has 0 unspecified atom stereocenters.